The van der Waals surface area contributed by atoms with Gasteiger partial charge in [-0.05, 0) is 61.5 Å². The van der Waals surface area contributed by atoms with E-state index >= 15 is 0 Å². The second-order valence-electron chi connectivity index (χ2n) is 7.11. The first-order valence-corrected chi connectivity index (χ1v) is 11.1. The monoisotopic (exact) mass is 512 g/mol. The standard InChI is InChI=1S/C25H22ClFN4O5/c1-2-35-19-10-8-18(9-11-19)29-23(32)15-36-22-12-7-17(26)13-16(22)14-28-31-25(34)24(33)30-21-6-4-3-5-20(21)27/h3-14H,2,15H2,1H3,(H,29,32)(H,30,33)(H,31,34)/b28-14-. The zero-order valence-corrected chi connectivity index (χ0v) is 19.8. The van der Waals surface area contributed by atoms with Crippen LogP contribution >= 0.6 is 11.6 Å². The van der Waals surface area contributed by atoms with Gasteiger partial charge in [-0.25, -0.2) is 9.82 Å². The molecule has 0 bridgehead atoms. The molecule has 3 amide bonds. The maximum absolute atomic E-state index is 13.6. The van der Waals surface area contributed by atoms with Gasteiger partial charge in [0.25, 0.3) is 5.91 Å². The Hall–Kier alpha value is -4.44. The van der Waals surface area contributed by atoms with Crippen LogP contribution in [0.1, 0.15) is 12.5 Å². The van der Waals surface area contributed by atoms with Crippen LogP contribution in [0.25, 0.3) is 0 Å². The number of rotatable bonds is 9. The summed E-state index contributed by atoms with van der Waals surface area (Å²) < 4.78 is 24.6. The molecule has 0 saturated carbocycles. The van der Waals surface area contributed by atoms with Crippen molar-refractivity contribution >= 4 is 46.9 Å². The summed E-state index contributed by atoms with van der Waals surface area (Å²) in [5.41, 5.74) is 2.80. The summed E-state index contributed by atoms with van der Waals surface area (Å²) in [7, 11) is 0. The molecule has 3 aromatic carbocycles. The molecule has 0 spiro atoms. The predicted molar refractivity (Wildman–Crippen MR) is 134 cm³/mol. The van der Waals surface area contributed by atoms with E-state index in [1.807, 2.05) is 12.3 Å². The van der Waals surface area contributed by atoms with Crippen molar-refractivity contribution in [2.75, 3.05) is 23.8 Å². The van der Waals surface area contributed by atoms with Crippen molar-refractivity contribution in [3.05, 3.63) is 83.1 Å². The largest absolute Gasteiger partial charge is 0.494 e. The van der Waals surface area contributed by atoms with Crippen LogP contribution in [0.4, 0.5) is 15.8 Å². The molecule has 9 nitrogen and oxygen atoms in total. The van der Waals surface area contributed by atoms with Crippen LogP contribution in [0.3, 0.4) is 0 Å². The molecular weight excluding hydrogens is 491 g/mol. The molecule has 0 heterocycles. The van der Waals surface area contributed by atoms with Crippen molar-refractivity contribution in [1.29, 1.82) is 0 Å². The second kappa shape index (κ2) is 12.9. The molecule has 0 atom stereocenters. The number of nitrogens with one attached hydrogen (secondary N) is 3. The van der Waals surface area contributed by atoms with Crippen molar-refractivity contribution in [3.63, 3.8) is 0 Å². The molecule has 0 aliphatic rings. The summed E-state index contributed by atoms with van der Waals surface area (Å²) >= 11 is 6.03. The SMILES string of the molecule is CCOc1ccc(NC(=O)COc2ccc(Cl)cc2/C=N\NC(=O)C(=O)Nc2ccccc2F)cc1. The Labute approximate surface area is 211 Å². The first-order chi connectivity index (χ1) is 17.4. The normalized spacial score (nSPS) is 10.5. The number of halogens is 2. The van der Waals surface area contributed by atoms with Crippen LogP contribution in [0.2, 0.25) is 5.02 Å². The molecule has 186 valence electrons. The molecule has 0 aliphatic heterocycles. The minimum absolute atomic E-state index is 0.143. The lowest BCUT2D eigenvalue weighted by Crippen LogP contribution is -2.32. The van der Waals surface area contributed by atoms with Gasteiger partial charge in [0.1, 0.15) is 17.3 Å². The molecule has 0 radical (unpaired) electrons. The van der Waals surface area contributed by atoms with Gasteiger partial charge in [0.05, 0.1) is 18.5 Å². The molecule has 0 aromatic heterocycles. The van der Waals surface area contributed by atoms with Crippen molar-refractivity contribution in [1.82, 2.24) is 5.43 Å². The smallest absolute Gasteiger partial charge is 0.329 e. The number of ether oxygens (including phenoxy) is 2. The van der Waals surface area contributed by atoms with Crippen molar-refractivity contribution in [2.45, 2.75) is 6.92 Å². The van der Waals surface area contributed by atoms with Gasteiger partial charge in [0.15, 0.2) is 6.61 Å². The Balaban J connectivity index is 1.56. The van der Waals surface area contributed by atoms with Gasteiger partial charge in [-0.15, -0.1) is 0 Å². The molecule has 3 aromatic rings. The maximum atomic E-state index is 13.6. The van der Waals surface area contributed by atoms with Gasteiger partial charge < -0.3 is 20.1 Å². The molecule has 0 fully saturated rings. The van der Waals surface area contributed by atoms with E-state index in [9.17, 15) is 18.8 Å². The number of hydrogen-bond donors (Lipinski definition) is 3. The summed E-state index contributed by atoms with van der Waals surface area (Å²) in [6, 6.07) is 16.9. The molecule has 0 aliphatic carbocycles. The molecular formula is C25H22ClFN4O5. The molecule has 3 rings (SSSR count). The first-order valence-electron chi connectivity index (χ1n) is 10.7. The predicted octanol–water partition coefficient (Wildman–Crippen LogP) is 3.98. The van der Waals surface area contributed by atoms with Crippen LogP contribution in [0.15, 0.2) is 71.8 Å². The van der Waals surface area contributed by atoms with E-state index in [0.717, 1.165) is 6.07 Å². The number of hydrazone groups is 1. The zero-order valence-electron chi connectivity index (χ0n) is 19.1. The van der Waals surface area contributed by atoms with E-state index in [2.05, 4.69) is 15.7 Å². The Kier molecular flexibility index (Phi) is 9.35. The van der Waals surface area contributed by atoms with E-state index in [-0.39, 0.29) is 18.0 Å². The molecule has 0 unspecified atom stereocenters. The van der Waals surface area contributed by atoms with Gasteiger partial charge in [-0.1, -0.05) is 23.7 Å². The Morgan fingerprint density at radius 2 is 1.72 bits per heavy atom. The van der Waals surface area contributed by atoms with Gasteiger partial charge in [-0.3, -0.25) is 14.4 Å². The van der Waals surface area contributed by atoms with Crippen LogP contribution in [-0.4, -0.2) is 37.1 Å². The highest BCUT2D eigenvalue weighted by molar-refractivity contribution is 6.39. The Morgan fingerprint density at radius 1 is 0.972 bits per heavy atom. The molecule has 3 N–H and O–H groups in total. The fraction of sp³-hybridized carbons (Fsp3) is 0.120. The number of hydrogen-bond acceptors (Lipinski definition) is 6. The van der Waals surface area contributed by atoms with Crippen molar-refractivity contribution in [3.8, 4) is 11.5 Å². The van der Waals surface area contributed by atoms with Crippen LogP contribution < -0.4 is 25.5 Å². The topological polar surface area (TPSA) is 118 Å². The van der Waals surface area contributed by atoms with E-state index in [0.29, 0.717) is 28.6 Å². The fourth-order valence-corrected chi connectivity index (χ4v) is 3.03. The third-order valence-corrected chi connectivity index (χ3v) is 4.71. The van der Waals surface area contributed by atoms with Gasteiger partial charge in [0, 0.05) is 16.3 Å². The number of carbonyl (C=O) groups excluding carboxylic acids is 3. The summed E-state index contributed by atoms with van der Waals surface area (Å²) in [5.74, 6) is -2.37. The average Bonchev–Trinajstić information content (AvgIpc) is 2.86. The fourth-order valence-electron chi connectivity index (χ4n) is 2.85. The maximum Gasteiger partial charge on any atom is 0.329 e. The Morgan fingerprint density at radius 3 is 2.44 bits per heavy atom. The first kappa shape index (κ1) is 26.2. The van der Waals surface area contributed by atoms with Crippen LogP contribution in [0, 0.1) is 5.82 Å². The summed E-state index contributed by atoms with van der Waals surface area (Å²) in [6.07, 6.45) is 1.19. The summed E-state index contributed by atoms with van der Waals surface area (Å²) in [5, 5.41) is 8.91. The molecule has 36 heavy (non-hydrogen) atoms. The van der Waals surface area contributed by atoms with Crippen molar-refractivity contribution < 1.29 is 28.2 Å². The van der Waals surface area contributed by atoms with E-state index in [1.54, 1.807) is 30.3 Å². The molecule has 0 saturated heterocycles. The number of benzene rings is 3. The minimum atomic E-state index is -1.12. The molecule has 11 heteroatoms. The number of para-hydroxylation sites is 1. The zero-order chi connectivity index (χ0) is 25.9. The Bertz CT molecular complexity index is 1270. The minimum Gasteiger partial charge on any atom is -0.494 e. The van der Waals surface area contributed by atoms with Crippen molar-refractivity contribution in [2.24, 2.45) is 5.10 Å². The highest BCUT2D eigenvalue weighted by atomic mass is 35.5. The lowest BCUT2D eigenvalue weighted by molar-refractivity contribution is -0.136. The van der Waals surface area contributed by atoms with E-state index in [1.165, 1.54) is 36.5 Å². The van der Waals surface area contributed by atoms with Gasteiger partial charge in [0.2, 0.25) is 0 Å². The number of anilines is 2. The summed E-state index contributed by atoms with van der Waals surface area (Å²) in [6.45, 7) is 2.10. The average molecular weight is 513 g/mol. The third kappa shape index (κ3) is 7.81. The third-order valence-electron chi connectivity index (χ3n) is 4.48. The second-order valence-corrected chi connectivity index (χ2v) is 7.55. The van der Waals surface area contributed by atoms with E-state index < -0.39 is 23.5 Å². The lowest BCUT2D eigenvalue weighted by Gasteiger charge is -2.10. The van der Waals surface area contributed by atoms with Crippen LogP contribution in [-0.2, 0) is 14.4 Å². The number of carbonyl (C=O) groups is 3. The highest BCUT2D eigenvalue weighted by Crippen LogP contribution is 2.22. The summed E-state index contributed by atoms with van der Waals surface area (Å²) in [4.78, 5) is 36.2. The number of nitrogens with zero attached hydrogens (tertiary/aromatic N) is 1. The van der Waals surface area contributed by atoms with Gasteiger partial charge in [-0.2, -0.15) is 5.10 Å². The number of amides is 3. The lowest BCUT2D eigenvalue weighted by atomic mass is 10.2. The highest BCUT2D eigenvalue weighted by Gasteiger charge is 2.15. The quantitative estimate of drug-likeness (QED) is 0.228. The van der Waals surface area contributed by atoms with Crippen LogP contribution in [0.5, 0.6) is 11.5 Å². The van der Waals surface area contributed by atoms with Gasteiger partial charge >= 0.3 is 11.8 Å². The van der Waals surface area contributed by atoms with E-state index in [4.69, 9.17) is 21.1 Å².